The fourth-order valence-electron chi connectivity index (χ4n) is 2.49. The maximum atomic E-state index is 13.2. The van der Waals surface area contributed by atoms with Crippen LogP contribution in [0.4, 0.5) is 4.39 Å². The van der Waals surface area contributed by atoms with E-state index in [1.54, 1.807) is 25.1 Å². The van der Waals surface area contributed by atoms with Crippen molar-refractivity contribution >= 4 is 5.91 Å². The molecule has 1 heterocycles. The summed E-state index contributed by atoms with van der Waals surface area (Å²) in [5.41, 5.74) is 1.07. The van der Waals surface area contributed by atoms with Crippen LogP contribution in [0.5, 0.6) is 0 Å². The first kappa shape index (κ1) is 15.4. The van der Waals surface area contributed by atoms with Gasteiger partial charge in [-0.25, -0.2) is 4.39 Å². The summed E-state index contributed by atoms with van der Waals surface area (Å²) < 4.78 is 13.2. The monoisotopic (exact) mass is 290 g/mol. The summed E-state index contributed by atoms with van der Waals surface area (Å²) in [6.07, 6.45) is 0. The molecule has 0 saturated carbocycles. The van der Waals surface area contributed by atoms with E-state index < -0.39 is 5.82 Å². The van der Waals surface area contributed by atoms with Gasteiger partial charge in [0.25, 0.3) is 0 Å². The van der Waals surface area contributed by atoms with Crippen LogP contribution in [0.3, 0.4) is 0 Å². The summed E-state index contributed by atoms with van der Waals surface area (Å²) in [6, 6.07) is 5.96. The number of amides is 1. The molecule has 2 rings (SSSR count). The number of carbonyl (C=O) groups is 1. The van der Waals surface area contributed by atoms with Crippen molar-refractivity contribution in [1.29, 1.82) is 5.26 Å². The maximum absolute atomic E-state index is 13.2. The number of piperazine rings is 1. The molecule has 21 heavy (non-hydrogen) atoms. The van der Waals surface area contributed by atoms with Gasteiger partial charge in [0.15, 0.2) is 0 Å². The molecule has 1 aromatic carbocycles. The summed E-state index contributed by atoms with van der Waals surface area (Å²) in [5, 5.41) is 12.3. The Morgan fingerprint density at radius 2 is 2.33 bits per heavy atom. The lowest BCUT2D eigenvalue weighted by molar-refractivity contribution is -0.135. The summed E-state index contributed by atoms with van der Waals surface area (Å²) in [7, 11) is 3.46. The number of nitrogens with one attached hydrogen (secondary N) is 1. The molecule has 112 valence electrons. The van der Waals surface area contributed by atoms with E-state index in [-0.39, 0.29) is 11.9 Å². The second kappa shape index (κ2) is 6.66. The van der Waals surface area contributed by atoms with Gasteiger partial charge in [-0.2, -0.15) is 5.26 Å². The van der Waals surface area contributed by atoms with E-state index in [2.05, 4.69) is 5.32 Å². The first-order chi connectivity index (χ1) is 10.0. The summed E-state index contributed by atoms with van der Waals surface area (Å²) >= 11 is 0. The zero-order chi connectivity index (χ0) is 15.4. The van der Waals surface area contributed by atoms with Crippen molar-refractivity contribution in [1.82, 2.24) is 15.1 Å². The Hall–Kier alpha value is -1.97. The van der Waals surface area contributed by atoms with Gasteiger partial charge in [0.1, 0.15) is 11.9 Å². The minimum atomic E-state index is -0.420. The number of nitrogens with zero attached hydrogens (tertiary/aromatic N) is 3. The Morgan fingerprint density at radius 3 is 3.00 bits per heavy atom. The Morgan fingerprint density at radius 1 is 1.57 bits per heavy atom. The molecule has 5 nitrogen and oxygen atoms in total. The molecule has 1 unspecified atom stereocenters. The van der Waals surface area contributed by atoms with Crippen LogP contribution in [-0.2, 0) is 11.3 Å². The lowest BCUT2D eigenvalue weighted by atomic mass is 10.1. The van der Waals surface area contributed by atoms with Gasteiger partial charge in [-0.15, -0.1) is 0 Å². The van der Waals surface area contributed by atoms with Crippen LogP contribution in [-0.4, -0.2) is 55.5 Å². The minimum Gasteiger partial charge on any atom is -0.347 e. The van der Waals surface area contributed by atoms with Gasteiger partial charge < -0.3 is 10.2 Å². The molecule has 0 aliphatic carbocycles. The number of likely N-dealkylation sites (N-methyl/N-ethyl adjacent to an activating group) is 1. The molecule has 1 atom stereocenters. The van der Waals surface area contributed by atoms with E-state index in [1.807, 2.05) is 11.0 Å². The Kier molecular flexibility index (Phi) is 4.89. The van der Waals surface area contributed by atoms with Crippen molar-refractivity contribution in [3.05, 3.63) is 35.1 Å². The number of hydrogen-bond acceptors (Lipinski definition) is 4. The van der Waals surface area contributed by atoms with Crippen LogP contribution in [0.25, 0.3) is 0 Å². The van der Waals surface area contributed by atoms with Gasteiger partial charge in [0.05, 0.1) is 11.6 Å². The fraction of sp³-hybridized carbons (Fsp3) is 0.467. The van der Waals surface area contributed by atoms with Crippen molar-refractivity contribution in [2.45, 2.75) is 12.6 Å². The highest BCUT2D eigenvalue weighted by Crippen LogP contribution is 2.16. The van der Waals surface area contributed by atoms with Crippen LogP contribution in [0.1, 0.15) is 11.1 Å². The first-order valence-electron chi connectivity index (χ1n) is 6.87. The first-order valence-corrected chi connectivity index (χ1v) is 6.87. The SMILES string of the molecule is CN(C)C(=O)C1CNCCN1Cc1ccc(F)cc1C#N. The van der Waals surface area contributed by atoms with E-state index in [9.17, 15) is 9.18 Å². The lowest BCUT2D eigenvalue weighted by Gasteiger charge is -2.36. The predicted molar refractivity (Wildman–Crippen MR) is 76.9 cm³/mol. The predicted octanol–water partition coefficient (Wildman–Crippen LogP) is 0.559. The minimum absolute atomic E-state index is 0.0304. The molecule has 1 aliphatic rings. The number of rotatable bonds is 3. The van der Waals surface area contributed by atoms with Crippen LogP contribution in [0.15, 0.2) is 18.2 Å². The van der Waals surface area contributed by atoms with Gasteiger partial charge in [0, 0.05) is 40.3 Å². The average molecular weight is 290 g/mol. The molecular formula is C15H19FN4O. The normalized spacial score (nSPS) is 19.0. The topological polar surface area (TPSA) is 59.4 Å². The fourth-order valence-corrected chi connectivity index (χ4v) is 2.49. The highest BCUT2D eigenvalue weighted by atomic mass is 19.1. The molecule has 1 fully saturated rings. The third-order valence-corrected chi connectivity index (χ3v) is 3.65. The third kappa shape index (κ3) is 3.57. The van der Waals surface area contributed by atoms with Crippen LogP contribution >= 0.6 is 0 Å². The van der Waals surface area contributed by atoms with Crippen LogP contribution in [0.2, 0.25) is 0 Å². The van der Waals surface area contributed by atoms with Gasteiger partial charge in [-0.1, -0.05) is 6.07 Å². The number of hydrogen-bond donors (Lipinski definition) is 1. The summed E-state index contributed by atoms with van der Waals surface area (Å²) in [4.78, 5) is 15.8. The molecule has 0 bridgehead atoms. The molecule has 1 aliphatic heterocycles. The molecule has 0 aromatic heterocycles. The molecule has 1 saturated heterocycles. The summed E-state index contributed by atoms with van der Waals surface area (Å²) in [5.74, 6) is -0.389. The van der Waals surface area contributed by atoms with E-state index in [0.29, 0.717) is 25.2 Å². The molecular weight excluding hydrogens is 271 g/mol. The smallest absolute Gasteiger partial charge is 0.240 e. The quantitative estimate of drug-likeness (QED) is 0.883. The van der Waals surface area contributed by atoms with Crippen LogP contribution in [0, 0.1) is 17.1 Å². The van der Waals surface area contributed by atoms with E-state index in [4.69, 9.17) is 5.26 Å². The molecule has 1 amide bonds. The van der Waals surface area contributed by atoms with Crippen molar-refractivity contribution in [2.75, 3.05) is 33.7 Å². The number of halogens is 1. The largest absolute Gasteiger partial charge is 0.347 e. The van der Waals surface area contributed by atoms with Crippen molar-refractivity contribution in [2.24, 2.45) is 0 Å². The van der Waals surface area contributed by atoms with Gasteiger partial charge in [0.2, 0.25) is 5.91 Å². The number of benzene rings is 1. The number of nitriles is 1. The van der Waals surface area contributed by atoms with E-state index in [1.165, 1.54) is 12.1 Å². The Labute approximate surface area is 123 Å². The molecule has 1 aromatic rings. The average Bonchev–Trinajstić information content (AvgIpc) is 2.48. The molecule has 0 spiro atoms. The second-order valence-corrected chi connectivity index (χ2v) is 5.34. The number of carbonyl (C=O) groups excluding carboxylic acids is 1. The molecule has 6 heteroatoms. The van der Waals surface area contributed by atoms with Crippen molar-refractivity contribution in [3.8, 4) is 6.07 Å². The highest BCUT2D eigenvalue weighted by molar-refractivity contribution is 5.81. The third-order valence-electron chi connectivity index (χ3n) is 3.65. The molecule has 1 N–H and O–H groups in total. The van der Waals surface area contributed by atoms with Gasteiger partial charge in [-0.3, -0.25) is 9.69 Å². The van der Waals surface area contributed by atoms with E-state index in [0.717, 1.165) is 12.1 Å². The lowest BCUT2D eigenvalue weighted by Crippen LogP contribution is -2.57. The molecule has 0 radical (unpaired) electrons. The zero-order valence-electron chi connectivity index (χ0n) is 12.3. The Bertz CT molecular complexity index is 567. The van der Waals surface area contributed by atoms with Gasteiger partial charge >= 0.3 is 0 Å². The summed E-state index contributed by atoms with van der Waals surface area (Å²) in [6.45, 7) is 2.56. The van der Waals surface area contributed by atoms with Crippen molar-refractivity contribution in [3.63, 3.8) is 0 Å². The standard InChI is InChI=1S/C15H19FN4O/c1-19(2)15(21)14-9-18-5-6-20(14)10-11-3-4-13(16)7-12(11)8-17/h3-4,7,14,18H,5-6,9-10H2,1-2H3. The van der Waals surface area contributed by atoms with E-state index >= 15 is 0 Å². The second-order valence-electron chi connectivity index (χ2n) is 5.34. The van der Waals surface area contributed by atoms with Gasteiger partial charge in [-0.05, 0) is 17.7 Å². The highest BCUT2D eigenvalue weighted by Gasteiger charge is 2.30. The Balaban J connectivity index is 2.20. The maximum Gasteiger partial charge on any atom is 0.240 e. The van der Waals surface area contributed by atoms with Crippen LogP contribution < -0.4 is 5.32 Å². The zero-order valence-corrected chi connectivity index (χ0v) is 12.3. The van der Waals surface area contributed by atoms with Crippen molar-refractivity contribution < 1.29 is 9.18 Å².